The number of rotatable bonds is 6. The molecule has 0 aromatic heterocycles. The van der Waals surface area contributed by atoms with Crippen LogP contribution >= 0.6 is 0 Å². The van der Waals surface area contributed by atoms with E-state index in [2.05, 4.69) is 35.9 Å². The highest BCUT2D eigenvalue weighted by atomic mass is 15.3. The van der Waals surface area contributed by atoms with Gasteiger partial charge in [0.25, 0.3) is 0 Å². The summed E-state index contributed by atoms with van der Waals surface area (Å²) in [6.45, 7) is 14.5. The third-order valence-electron chi connectivity index (χ3n) is 4.63. The van der Waals surface area contributed by atoms with Gasteiger partial charge in [-0.1, -0.05) is 20.8 Å². The maximum absolute atomic E-state index is 3.70. The summed E-state index contributed by atoms with van der Waals surface area (Å²) < 4.78 is 0. The second-order valence-electron chi connectivity index (χ2n) is 6.85. The summed E-state index contributed by atoms with van der Waals surface area (Å²) in [6, 6.07) is 1.65. The van der Waals surface area contributed by atoms with Crippen molar-refractivity contribution < 1.29 is 0 Å². The third kappa shape index (κ3) is 4.73. The molecule has 19 heavy (non-hydrogen) atoms. The quantitative estimate of drug-likeness (QED) is 0.796. The van der Waals surface area contributed by atoms with Gasteiger partial charge in [0.2, 0.25) is 0 Å². The van der Waals surface area contributed by atoms with Crippen molar-refractivity contribution in [2.45, 2.75) is 58.5 Å². The smallest absolute Gasteiger partial charge is 0.0113 e. The molecule has 1 saturated heterocycles. The Balaban J connectivity index is 1.68. The highest BCUT2D eigenvalue weighted by Crippen LogP contribution is 2.25. The fraction of sp³-hybridized carbons (Fsp3) is 1.00. The predicted octanol–water partition coefficient (Wildman–Crippen LogP) is 2.18. The van der Waals surface area contributed by atoms with Crippen LogP contribution in [0, 0.1) is 5.92 Å². The van der Waals surface area contributed by atoms with E-state index in [1.807, 2.05) is 0 Å². The van der Waals surface area contributed by atoms with E-state index in [0.29, 0.717) is 0 Å². The number of hydrogen-bond donors (Lipinski definition) is 1. The van der Waals surface area contributed by atoms with E-state index in [0.717, 1.165) is 18.0 Å². The number of nitrogens with one attached hydrogen (secondary N) is 1. The lowest BCUT2D eigenvalue weighted by molar-refractivity contribution is 0.0899. The Bertz CT molecular complexity index is 246. The summed E-state index contributed by atoms with van der Waals surface area (Å²) in [6.07, 6.45) is 5.43. The first-order chi connectivity index (χ1) is 9.19. The highest BCUT2D eigenvalue weighted by molar-refractivity contribution is 4.88. The monoisotopic (exact) mass is 267 g/mol. The summed E-state index contributed by atoms with van der Waals surface area (Å²) in [4.78, 5) is 5.40. The van der Waals surface area contributed by atoms with Crippen molar-refractivity contribution in [1.29, 1.82) is 0 Å². The zero-order chi connectivity index (χ0) is 13.7. The molecule has 1 saturated carbocycles. The Morgan fingerprint density at radius 3 is 2.47 bits per heavy atom. The molecule has 0 radical (unpaired) electrons. The van der Waals surface area contributed by atoms with E-state index < -0.39 is 0 Å². The summed E-state index contributed by atoms with van der Waals surface area (Å²) in [7, 11) is 0. The topological polar surface area (TPSA) is 18.5 Å². The van der Waals surface area contributed by atoms with Crippen molar-refractivity contribution in [3.8, 4) is 0 Å². The fourth-order valence-corrected chi connectivity index (χ4v) is 3.65. The lowest BCUT2D eigenvalue weighted by atomic mass is 10.1. The van der Waals surface area contributed by atoms with Crippen molar-refractivity contribution in [3.63, 3.8) is 0 Å². The number of hydrogen-bond acceptors (Lipinski definition) is 3. The molecule has 0 amide bonds. The molecule has 2 atom stereocenters. The molecule has 1 aliphatic carbocycles. The minimum atomic E-state index is 0.790. The van der Waals surface area contributed by atoms with Crippen molar-refractivity contribution >= 4 is 0 Å². The molecule has 3 heteroatoms. The molecule has 1 aliphatic heterocycles. The third-order valence-corrected chi connectivity index (χ3v) is 4.63. The zero-order valence-corrected chi connectivity index (χ0v) is 13.2. The van der Waals surface area contributed by atoms with Gasteiger partial charge in [-0.05, 0) is 38.1 Å². The second-order valence-corrected chi connectivity index (χ2v) is 6.85. The first kappa shape index (κ1) is 15.3. The molecule has 0 bridgehead atoms. The van der Waals surface area contributed by atoms with Crippen LogP contribution in [0.2, 0.25) is 0 Å². The molecule has 1 heterocycles. The van der Waals surface area contributed by atoms with Crippen LogP contribution in [0.3, 0.4) is 0 Å². The Kier molecular flexibility index (Phi) is 6.11. The van der Waals surface area contributed by atoms with Gasteiger partial charge in [-0.15, -0.1) is 0 Å². The maximum Gasteiger partial charge on any atom is 0.0113 e. The number of piperazine rings is 1. The summed E-state index contributed by atoms with van der Waals surface area (Å²) in [5.41, 5.74) is 0. The molecule has 2 aliphatic rings. The molecular weight excluding hydrogens is 234 g/mol. The first-order valence-corrected chi connectivity index (χ1v) is 8.38. The van der Waals surface area contributed by atoms with Crippen LogP contribution in [0.5, 0.6) is 0 Å². The van der Waals surface area contributed by atoms with Gasteiger partial charge in [0.1, 0.15) is 0 Å². The highest BCUT2D eigenvalue weighted by Gasteiger charge is 2.30. The van der Waals surface area contributed by atoms with Gasteiger partial charge in [0, 0.05) is 44.8 Å². The summed E-state index contributed by atoms with van der Waals surface area (Å²) in [5, 5.41) is 3.70. The minimum Gasteiger partial charge on any atom is -0.314 e. The fourth-order valence-electron chi connectivity index (χ4n) is 3.65. The Morgan fingerprint density at radius 2 is 1.84 bits per heavy atom. The van der Waals surface area contributed by atoms with Crippen molar-refractivity contribution in [2.24, 2.45) is 5.92 Å². The van der Waals surface area contributed by atoms with Gasteiger partial charge in [0.05, 0.1) is 0 Å². The van der Waals surface area contributed by atoms with E-state index in [-0.39, 0.29) is 0 Å². The lowest BCUT2D eigenvalue weighted by Gasteiger charge is -2.38. The molecule has 0 aromatic rings. The van der Waals surface area contributed by atoms with E-state index in [1.54, 1.807) is 0 Å². The van der Waals surface area contributed by atoms with Crippen LogP contribution in [0.25, 0.3) is 0 Å². The molecule has 0 spiro atoms. The summed E-state index contributed by atoms with van der Waals surface area (Å²) in [5.74, 6) is 0.806. The van der Waals surface area contributed by atoms with Gasteiger partial charge in [-0.2, -0.15) is 0 Å². The number of nitrogens with zero attached hydrogens (tertiary/aromatic N) is 2. The zero-order valence-electron chi connectivity index (χ0n) is 13.2. The molecule has 0 aromatic carbocycles. The van der Waals surface area contributed by atoms with Crippen LogP contribution in [-0.2, 0) is 0 Å². The molecule has 112 valence electrons. The normalized spacial score (nSPS) is 30.3. The predicted molar refractivity (Wildman–Crippen MR) is 82.6 cm³/mol. The maximum atomic E-state index is 3.70. The van der Waals surface area contributed by atoms with E-state index in [1.165, 1.54) is 65.0 Å². The van der Waals surface area contributed by atoms with Crippen molar-refractivity contribution in [3.05, 3.63) is 0 Å². The SMILES string of the molecule is CCCNC1CCC(N2CCN(CC(C)C)CC2)C1. The molecular formula is C16H33N3. The van der Waals surface area contributed by atoms with E-state index in [4.69, 9.17) is 0 Å². The molecule has 3 nitrogen and oxygen atoms in total. The Morgan fingerprint density at radius 1 is 1.11 bits per heavy atom. The lowest BCUT2D eigenvalue weighted by Crippen LogP contribution is -2.50. The van der Waals surface area contributed by atoms with E-state index >= 15 is 0 Å². The molecule has 2 fully saturated rings. The van der Waals surface area contributed by atoms with Crippen molar-refractivity contribution in [1.82, 2.24) is 15.1 Å². The second kappa shape index (κ2) is 7.61. The molecule has 1 N–H and O–H groups in total. The van der Waals surface area contributed by atoms with Gasteiger partial charge in [-0.25, -0.2) is 0 Å². The van der Waals surface area contributed by atoms with Gasteiger partial charge in [0.15, 0.2) is 0 Å². The Hall–Kier alpha value is -0.120. The largest absolute Gasteiger partial charge is 0.314 e. The minimum absolute atomic E-state index is 0.790. The van der Waals surface area contributed by atoms with Crippen LogP contribution < -0.4 is 5.32 Å². The van der Waals surface area contributed by atoms with Crippen LogP contribution in [0.4, 0.5) is 0 Å². The van der Waals surface area contributed by atoms with E-state index in [9.17, 15) is 0 Å². The van der Waals surface area contributed by atoms with Gasteiger partial charge >= 0.3 is 0 Å². The molecule has 2 unspecified atom stereocenters. The standard InChI is InChI=1S/C16H33N3/c1-4-7-17-15-5-6-16(12-15)19-10-8-18(9-11-19)13-14(2)3/h14-17H,4-13H2,1-3H3. The van der Waals surface area contributed by atoms with Crippen LogP contribution in [0.1, 0.15) is 46.5 Å². The van der Waals surface area contributed by atoms with Crippen LogP contribution in [-0.4, -0.2) is 61.2 Å². The van der Waals surface area contributed by atoms with Gasteiger partial charge < -0.3 is 10.2 Å². The molecule has 2 rings (SSSR count). The van der Waals surface area contributed by atoms with Crippen molar-refractivity contribution in [2.75, 3.05) is 39.3 Å². The Labute approximate surface area is 119 Å². The average molecular weight is 267 g/mol. The van der Waals surface area contributed by atoms with Crippen LogP contribution in [0.15, 0.2) is 0 Å². The average Bonchev–Trinajstić information content (AvgIpc) is 2.85. The van der Waals surface area contributed by atoms with Gasteiger partial charge in [-0.3, -0.25) is 4.90 Å². The first-order valence-electron chi connectivity index (χ1n) is 8.38. The summed E-state index contributed by atoms with van der Waals surface area (Å²) >= 11 is 0.